The molecule has 0 aliphatic heterocycles. The minimum Gasteiger partial charge on any atom is -0.454 e. The van der Waals surface area contributed by atoms with E-state index in [2.05, 4.69) is 19.1 Å². The first-order valence-electron chi connectivity index (χ1n) is 6.37. The molecule has 0 saturated heterocycles. The Hall–Kier alpha value is -0.790. The highest BCUT2D eigenvalue weighted by atomic mass is 16.6. The van der Waals surface area contributed by atoms with Crippen molar-refractivity contribution in [1.29, 1.82) is 0 Å². The Labute approximate surface area is 99.1 Å². The third-order valence-electron chi connectivity index (χ3n) is 3.72. The molecule has 1 rings (SSSR count). The summed E-state index contributed by atoms with van der Waals surface area (Å²) in [5.74, 6) is -0.0663. The Morgan fingerprint density at radius 1 is 1.44 bits per heavy atom. The molecule has 1 unspecified atom stereocenters. The van der Waals surface area contributed by atoms with E-state index in [4.69, 9.17) is 4.74 Å². The van der Waals surface area contributed by atoms with E-state index in [0.29, 0.717) is 0 Å². The topological polar surface area (TPSA) is 26.3 Å². The second kappa shape index (κ2) is 5.03. The molecule has 0 radical (unpaired) electrons. The monoisotopic (exact) mass is 224 g/mol. The largest absolute Gasteiger partial charge is 0.454 e. The van der Waals surface area contributed by atoms with Crippen LogP contribution in [-0.2, 0) is 9.53 Å². The zero-order valence-electron chi connectivity index (χ0n) is 11.0. The van der Waals surface area contributed by atoms with Gasteiger partial charge in [0.05, 0.1) is 5.41 Å². The van der Waals surface area contributed by atoms with Crippen LogP contribution >= 0.6 is 0 Å². The summed E-state index contributed by atoms with van der Waals surface area (Å²) >= 11 is 0. The Bertz CT molecular complexity index is 278. The van der Waals surface area contributed by atoms with Crippen LogP contribution in [0.5, 0.6) is 0 Å². The molecule has 1 aliphatic carbocycles. The lowest BCUT2D eigenvalue weighted by atomic mass is 9.86. The SMILES string of the molecule is CCC1(OC(=O)C(C)(C)CC)C=CCCC1. The first-order valence-corrected chi connectivity index (χ1v) is 6.37. The first kappa shape index (κ1) is 13.3. The van der Waals surface area contributed by atoms with Gasteiger partial charge in [-0.15, -0.1) is 0 Å². The van der Waals surface area contributed by atoms with E-state index in [1.54, 1.807) is 0 Å². The van der Waals surface area contributed by atoms with E-state index >= 15 is 0 Å². The number of carbonyl (C=O) groups is 1. The maximum absolute atomic E-state index is 12.1. The third kappa shape index (κ3) is 2.87. The second-order valence-electron chi connectivity index (χ2n) is 5.34. The highest BCUT2D eigenvalue weighted by Crippen LogP contribution is 2.33. The number of allylic oxidation sites excluding steroid dienone is 1. The minimum absolute atomic E-state index is 0.0663. The third-order valence-corrected chi connectivity index (χ3v) is 3.72. The normalized spacial score (nSPS) is 25.5. The van der Waals surface area contributed by atoms with E-state index in [0.717, 1.165) is 32.1 Å². The molecule has 16 heavy (non-hydrogen) atoms. The van der Waals surface area contributed by atoms with E-state index < -0.39 is 0 Å². The van der Waals surface area contributed by atoms with Gasteiger partial charge in [-0.25, -0.2) is 0 Å². The van der Waals surface area contributed by atoms with E-state index in [-0.39, 0.29) is 17.0 Å². The molecule has 1 aliphatic rings. The van der Waals surface area contributed by atoms with Gasteiger partial charge in [-0.2, -0.15) is 0 Å². The van der Waals surface area contributed by atoms with Gasteiger partial charge in [-0.3, -0.25) is 4.79 Å². The van der Waals surface area contributed by atoms with Crippen molar-refractivity contribution in [2.75, 3.05) is 0 Å². The molecule has 0 saturated carbocycles. The summed E-state index contributed by atoms with van der Waals surface area (Å²) in [6, 6.07) is 0. The lowest BCUT2D eigenvalue weighted by Gasteiger charge is -2.35. The number of hydrogen-bond acceptors (Lipinski definition) is 2. The van der Waals surface area contributed by atoms with Gasteiger partial charge in [0.15, 0.2) is 0 Å². The fraction of sp³-hybridized carbons (Fsp3) is 0.786. The number of carbonyl (C=O) groups excluding carboxylic acids is 1. The molecule has 0 amide bonds. The number of rotatable bonds is 4. The van der Waals surface area contributed by atoms with Gasteiger partial charge in [-0.05, 0) is 52.0 Å². The van der Waals surface area contributed by atoms with Gasteiger partial charge in [0.2, 0.25) is 0 Å². The predicted molar refractivity (Wildman–Crippen MR) is 66.2 cm³/mol. The second-order valence-corrected chi connectivity index (χ2v) is 5.34. The zero-order chi connectivity index (χ0) is 12.2. The quantitative estimate of drug-likeness (QED) is 0.535. The average molecular weight is 224 g/mol. The summed E-state index contributed by atoms with van der Waals surface area (Å²) < 4.78 is 5.76. The van der Waals surface area contributed by atoms with Crippen molar-refractivity contribution in [3.05, 3.63) is 12.2 Å². The van der Waals surface area contributed by atoms with Crippen LogP contribution in [0.1, 0.15) is 59.8 Å². The molecule has 0 aromatic rings. The number of esters is 1. The molecule has 0 aromatic carbocycles. The summed E-state index contributed by atoms with van der Waals surface area (Å²) in [5, 5.41) is 0. The summed E-state index contributed by atoms with van der Waals surface area (Å²) in [4.78, 5) is 12.1. The van der Waals surface area contributed by atoms with Gasteiger partial charge in [0, 0.05) is 0 Å². The van der Waals surface area contributed by atoms with Crippen LogP contribution in [0.15, 0.2) is 12.2 Å². The van der Waals surface area contributed by atoms with Crippen molar-refractivity contribution in [2.45, 2.75) is 65.4 Å². The Balaban J connectivity index is 2.74. The standard InChI is InChI=1S/C14H24O2/c1-5-13(3,4)12(15)16-14(6-2)10-8-7-9-11-14/h8,10H,5-7,9,11H2,1-4H3. The van der Waals surface area contributed by atoms with Gasteiger partial charge >= 0.3 is 5.97 Å². The summed E-state index contributed by atoms with van der Waals surface area (Å²) in [6.07, 6.45) is 9.09. The van der Waals surface area contributed by atoms with E-state index in [9.17, 15) is 4.79 Å². The van der Waals surface area contributed by atoms with Crippen LogP contribution in [-0.4, -0.2) is 11.6 Å². The van der Waals surface area contributed by atoms with Gasteiger partial charge in [0.1, 0.15) is 5.60 Å². The lowest BCUT2D eigenvalue weighted by molar-refractivity contribution is -0.167. The number of hydrogen-bond donors (Lipinski definition) is 0. The summed E-state index contributed by atoms with van der Waals surface area (Å²) in [6.45, 7) is 8.01. The lowest BCUT2D eigenvalue weighted by Crippen LogP contribution is -2.38. The Kier molecular flexibility index (Phi) is 4.17. The maximum atomic E-state index is 12.1. The maximum Gasteiger partial charge on any atom is 0.312 e. The van der Waals surface area contributed by atoms with Crippen LogP contribution < -0.4 is 0 Å². The Morgan fingerprint density at radius 3 is 2.56 bits per heavy atom. The molecule has 0 heterocycles. The highest BCUT2D eigenvalue weighted by Gasteiger charge is 2.36. The molecule has 2 heteroatoms. The Morgan fingerprint density at radius 2 is 2.12 bits per heavy atom. The molecule has 0 N–H and O–H groups in total. The minimum atomic E-state index is -0.368. The molecule has 0 fully saturated rings. The smallest absolute Gasteiger partial charge is 0.312 e. The highest BCUT2D eigenvalue weighted by molar-refractivity contribution is 5.76. The summed E-state index contributed by atoms with van der Waals surface area (Å²) in [7, 11) is 0. The molecule has 92 valence electrons. The fourth-order valence-electron chi connectivity index (χ4n) is 1.82. The van der Waals surface area contributed by atoms with Crippen molar-refractivity contribution in [3.63, 3.8) is 0 Å². The fourth-order valence-corrected chi connectivity index (χ4v) is 1.82. The predicted octanol–water partition coefficient (Wildman–Crippen LogP) is 3.85. The molecule has 1 atom stereocenters. The van der Waals surface area contributed by atoms with Gasteiger partial charge in [-0.1, -0.05) is 19.9 Å². The van der Waals surface area contributed by atoms with E-state index in [1.165, 1.54) is 0 Å². The first-order chi connectivity index (χ1) is 7.46. The van der Waals surface area contributed by atoms with E-state index in [1.807, 2.05) is 20.8 Å². The van der Waals surface area contributed by atoms with Crippen LogP contribution in [0.25, 0.3) is 0 Å². The molecule has 2 nitrogen and oxygen atoms in total. The van der Waals surface area contributed by atoms with Crippen LogP contribution in [0, 0.1) is 5.41 Å². The van der Waals surface area contributed by atoms with Crippen LogP contribution in [0.3, 0.4) is 0 Å². The van der Waals surface area contributed by atoms with Crippen molar-refractivity contribution in [3.8, 4) is 0 Å². The average Bonchev–Trinajstić information content (AvgIpc) is 2.30. The number of ether oxygens (including phenoxy) is 1. The molecular formula is C14H24O2. The molecule has 0 aromatic heterocycles. The van der Waals surface area contributed by atoms with Crippen molar-refractivity contribution >= 4 is 5.97 Å². The van der Waals surface area contributed by atoms with Gasteiger partial charge < -0.3 is 4.74 Å². The molecule has 0 spiro atoms. The zero-order valence-corrected chi connectivity index (χ0v) is 11.0. The molecular weight excluding hydrogens is 200 g/mol. The van der Waals surface area contributed by atoms with Crippen LogP contribution in [0.2, 0.25) is 0 Å². The molecule has 0 bridgehead atoms. The van der Waals surface area contributed by atoms with Crippen molar-refractivity contribution < 1.29 is 9.53 Å². The van der Waals surface area contributed by atoms with Crippen LogP contribution in [0.4, 0.5) is 0 Å². The van der Waals surface area contributed by atoms with Crippen molar-refractivity contribution in [1.82, 2.24) is 0 Å². The van der Waals surface area contributed by atoms with Gasteiger partial charge in [0.25, 0.3) is 0 Å². The van der Waals surface area contributed by atoms with Crippen molar-refractivity contribution in [2.24, 2.45) is 5.41 Å². The summed E-state index contributed by atoms with van der Waals surface area (Å²) in [5.41, 5.74) is -0.699.